The lowest BCUT2D eigenvalue weighted by molar-refractivity contribution is -0.148. The second kappa shape index (κ2) is 5.38. The van der Waals surface area contributed by atoms with Crippen molar-refractivity contribution in [1.82, 2.24) is 25.0 Å². The summed E-state index contributed by atoms with van der Waals surface area (Å²) in [5.74, 6) is 0.496. The van der Waals surface area contributed by atoms with Crippen LogP contribution in [0.15, 0.2) is 6.33 Å². The molecule has 104 valence electrons. The highest BCUT2D eigenvalue weighted by Crippen LogP contribution is 2.13. The van der Waals surface area contributed by atoms with Crippen LogP contribution in [0.4, 0.5) is 0 Å². The zero-order chi connectivity index (χ0) is 14.0. The third kappa shape index (κ3) is 2.59. The summed E-state index contributed by atoms with van der Waals surface area (Å²) in [6, 6.07) is -0.957. The summed E-state index contributed by atoms with van der Waals surface area (Å²) < 4.78 is 1.77. The number of nitrogens with one attached hydrogen (secondary N) is 1. The van der Waals surface area contributed by atoms with E-state index in [1.165, 1.54) is 6.33 Å². The molecule has 0 aromatic carbocycles. The highest BCUT2D eigenvalue weighted by atomic mass is 16.2. The van der Waals surface area contributed by atoms with Crippen LogP contribution in [0, 0.1) is 0 Å². The van der Waals surface area contributed by atoms with Crippen LogP contribution in [0.5, 0.6) is 0 Å². The Kier molecular flexibility index (Phi) is 3.82. The van der Waals surface area contributed by atoms with Gasteiger partial charge in [0.2, 0.25) is 11.8 Å². The van der Waals surface area contributed by atoms with Crippen LogP contribution >= 0.6 is 0 Å². The van der Waals surface area contributed by atoms with Gasteiger partial charge in [-0.2, -0.15) is 5.10 Å². The number of piperazine rings is 1. The molecule has 1 aliphatic heterocycles. The van der Waals surface area contributed by atoms with Crippen LogP contribution in [0.25, 0.3) is 0 Å². The van der Waals surface area contributed by atoms with E-state index in [4.69, 9.17) is 0 Å². The van der Waals surface area contributed by atoms with Crippen molar-refractivity contribution < 1.29 is 9.59 Å². The van der Waals surface area contributed by atoms with E-state index in [-0.39, 0.29) is 11.8 Å². The topological polar surface area (TPSA) is 80.1 Å². The van der Waals surface area contributed by atoms with E-state index >= 15 is 0 Å². The largest absolute Gasteiger partial charge is 0.343 e. The molecular weight excluding hydrogens is 246 g/mol. The maximum Gasteiger partial charge on any atom is 0.245 e. The lowest BCUT2D eigenvalue weighted by Gasteiger charge is -2.35. The summed E-state index contributed by atoms with van der Waals surface area (Å²) in [5, 5.41) is 6.78. The molecule has 1 saturated heterocycles. The van der Waals surface area contributed by atoms with Gasteiger partial charge in [0.05, 0.1) is 6.54 Å². The first-order valence-electron chi connectivity index (χ1n) is 6.52. The van der Waals surface area contributed by atoms with Gasteiger partial charge in [-0.25, -0.2) is 9.67 Å². The summed E-state index contributed by atoms with van der Waals surface area (Å²) in [4.78, 5) is 29.6. The van der Waals surface area contributed by atoms with Crippen molar-refractivity contribution in [2.24, 2.45) is 0 Å². The minimum atomic E-state index is -0.480. The Morgan fingerprint density at radius 2 is 2.11 bits per heavy atom. The van der Waals surface area contributed by atoms with Gasteiger partial charge in [-0.05, 0) is 20.3 Å². The van der Waals surface area contributed by atoms with Crippen LogP contribution in [-0.2, 0) is 22.7 Å². The monoisotopic (exact) mass is 265 g/mol. The summed E-state index contributed by atoms with van der Waals surface area (Å²) in [7, 11) is 0. The summed E-state index contributed by atoms with van der Waals surface area (Å²) in [5.41, 5.74) is 0. The fourth-order valence-corrected chi connectivity index (χ4v) is 2.15. The summed E-state index contributed by atoms with van der Waals surface area (Å²) in [6.07, 6.45) is 2.42. The van der Waals surface area contributed by atoms with Gasteiger partial charge in [0, 0.05) is 6.54 Å². The Balaban J connectivity index is 2.18. The zero-order valence-electron chi connectivity index (χ0n) is 11.5. The molecular formula is C12H19N5O2. The predicted octanol–water partition coefficient (Wildman–Crippen LogP) is -0.0765. The highest BCUT2D eigenvalue weighted by molar-refractivity contribution is 5.96. The van der Waals surface area contributed by atoms with Crippen molar-refractivity contribution in [2.45, 2.75) is 52.4 Å². The number of carbonyl (C=O) groups is 2. The molecule has 0 aliphatic carbocycles. The van der Waals surface area contributed by atoms with E-state index in [1.807, 2.05) is 0 Å². The second-order valence-corrected chi connectivity index (χ2v) is 4.77. The Bertz CT molecular complexity index is 484. The van der Waals surface area contributed by atoms with Crippen molar-refractivity contribution >= 4 is 11.8 Å². The average Bonchev–Trinajstić information content (AvgIpc) is 2.80. The quantitative estimate of drug-likeness (QED) is 0.826. The molecule has 2 rings (SSSR count). The summed E-state index contributed by atoms with van der Waals surface area (Å²) >= 11 is 0. The van der Waals surface area contributed by atoms with E-state index in [1.54, 1.807) is 23.4 Å². The Hall–Kier alpha value is -1.92. The maximum atomic E-state index is 12.1. The Labute approximate surface area is 112 Å². The van der Waals surface area contributed by atoms with E-state index in [2.05, 4.69) is 22.3 Å². The second-order valence-electron chi connectivity index (χ2n) is 4.77. The van der Waals surface area contributed by atoms with Gasteiger partial charge in [-0.3, -0.25) is 9.59 Å². The van der Waals surface area contributed by atoms with E-state index in [0.717, 1.165) is 13.0 Å². The molecule has 7 heteroatoms. The van der Waals surface area contributed by atoms with Crippen molar-refractivity contribution in [2.75, 3.05) is 0 Å². The van der Waals surface area contributed by atoms with E-state index in [0.29, 0.717) is 12.4 Å². The molecule has 0 saturated carbocycles. The first-order chi connectivity index (χ1) is 9.04. The lowest BCUT2D eigenvalue weighted by atomic mass is 10.1. The molecule has 1 N–H and O–H groups in total. The molecule has 1 fully saturated rings. The highest BCUT2D eigenvalue weighted by Gasteiger charge is 2.36. The molecule has 1 aromatic rings. The van der Waals surface area contributed by atoms with E-state index in [9.17, 15) is 9.59 Å². The van der Waals surface area contributed by atoms with Crippen LogP contribution in [-0.4, -0.2) is 43.6 Å². The molecule has 1 aromatic heterocycles. The lowest BCUT2D eigenvalue weighted by Crippen LogP contribution is -2.61. The normalized spacial score (nSPS) is 23.6. The number of amides is 2. The molecule has 2 amide bonds. The molecule has 1 aliphatic rings. The van der Waals surface area contributed by atoms with Crippen molar-refractivity contribution in [3.63, 3.8) is 0 Å². The van der Waals surface area contributed by atoms with Crippen molar-refractivity contribution in [1.29, 1.82) is 0 Å². The van der Waals surface area contributed by atoms with Gasteiger partial charge in [0.15, 0.2) is 0 Å². The van der Waals surface area contributed by atoms with Gasteiger partial charge in [-0.1, -0.05) is 6.92 Å². The molecule has 0 bridgehead atoms. The Morgan fingerprint density at radius 3 is 2.79 bits per heavy atom. The SMILES string of the molecule is CCCn1ncnc1CN1C(=O)C(C)NC(=O)C1C. The fourth-order valence-electron chi connectivity index (χ4n) is 2.15. The first kappa shape index (κ1) is 13.5. The van der Waals surface area contributed by atoms with Crippen LogP contribution in [0.1, 0.15) is 33.0 Å². The molecule has 0 spiro atoms. The van der Waals surface area contributed by atoms with Crippen LogP contribution < -0.4 is 5.32 Å². The molecule has 0 radical (unpaired) electrons. The minimum absolute atomic E-state index is 0.0850. The number of aromatic nitrogens is 3. The third-order valence-electron chi connectivity index (χ3n) is 3.30. The van der Waals surface area contributed by atoms with Gasteiger partial charge < -0.3 is 10.2 Å². The average molecular weight is 265 g/mol. The standard InChI is InChI=1S/C12H19N5O2/c1-4-5-17-10(13-7-14-17)6-16-9(3)11(18)15-8(2)12(16)19/h7-9H,4-6H2,1-3H3,(H,15,18). The smallest absolute Gasteiger partial charge is 0.245 e. The number of aryl methyl sites for hydroxylation is 1. The van der Waals surface area contributed by atoms with Crippen LogP contribution in [0.3, 0.4) is 0 Å². The zero-order valence-corrected chi connectivity index (χ0v) is 11.5. The Morgan fingerprint density at radius 1 is 1.37 bits per heavy atom. The van der Waals surface area contributed by atoms with Gasteiger partial charge in [0.25, 0.3) is 0 Å². The van der Waals surface area contributed by atoms with Gasteiger partial charge in [-0.15, -0.1) is 0 Å². The number of hydrogen-bond donors (Lipinski definition) is 1. The summed E-state index contributed by atoms with van der Waals surface area (Å²) in [6.45, 7) is 6.54. The molecule has 2 atom stereocenters. The number of carbonyl (C=O) groups excluding carboxylic acids is 2. The van der Waals surface area contributed by atoms with Crippen molar-refractivity contribution in [3.8, 4) is 0 Å². The maximum absolute atomic E-state index is 12.1. The molecule has 7 nitrogen and oxygen atoms in total. The third-order valence-corrected chi connectivity index (χ3v) is 3.30. The van der Waals surface area contributed by atoms with Gasteiger partial charge >= 0.3 is 0 Å². The molecule has 19 heavy (non-hydrogen) atoms. The predicted molar refractivity (Wildman–Crippen MR) is 67.9 cm³/mol. The molecule has 2 unspecified atom stereocenters. The molecule has 2 heterocycles. The first-order valence-corrected chi connectivity index (χ1v) is 6.52. The number of hydrogen-bond acceptors (Lipinski definition) is 4. The number of rotatable bonds is 4. The minimum Gasteiger partial charge on any atom is -0.343 e. The van der Waals surface area contributed by atoms with Crippen LogP contribution in [0.2, 0.25) is 0 Å². The van der Waals surface area contributed by atoms with E-state index < -0.39 is 12.1 Å². The van der Waals surface area contributed by atoms with Gasteiger partial charge in [0.1, 0.15) is 24.2 Å². The number of nitrogens with zero attached hydrogens (tertiary/aromatic N) is 4. The van der Waals surface area contributed by atoms with Crippen molar-refractivity contribution in [3.05, 3.63) is 12.2 Å². The fraction of sp³-hybridized carbons (Fsp3) is 0.667.